The van der Waals surface area contributed by atoms with Crippen LogP contribution in [0.3, 0.4) is 0 Å². The van der Waals surface area contributed by atoms with Crippen molar-refractivity contribution in [3.63, 3.8) is 0 Å². The molecule has 9 heteroatoms. The summed E-state index contributed by atoms with van der Waals surface area (Å²) >= 11 is 0. The molecule has 1 N–H and O–H groups in total. The van der Waals surface area contributed by atoms with Crippen LogP contribution in [-0.2, 0) is 31.0 Å². The Kier molecular flexibility index (Phi) is 7.11. The highest BCUT2D eigenvalue weighted by Crippen LogP contribution is 2.46. The van der Waals surface area contributed by atoms with E-state index in [-0.39, 0.29) is 31.1 Å². The molecule has 3 amide bonds. The number of likely N-dealkylation sites (tertiary alicyclic amines) is 1. The zero-order valence-corrected chi connectivity index (χ0v) is 22.8. The summed E-state index contributed by atoms with van der Waals surface area (Å²) in [5.74, 6) is -2.12. The monoisotopic (exact) mass is 537 g/mol. The van der Waals surface area contributed by atoms with Gasteiger partial charge in [0.15, 0.2) is 0 Å². The van der Waals surface area contributed by atoms with Crippen LogP contribution in [0.4, 0.5) is 5.69 Å². The molecular formula is C31H31N5O4. The third-order valence-electron chi connectivity index (χ3n) is 8.00. The lowest BCUT2D eigenvalue weighted by molar-refractivity contribution is -0.149. The van der Waals surface area contributed by atoms with Crippen LogP contribution in [0, 0.1) is 12.5 Å². The number of pyridine rings is 1. The first-order valence-corrected chi connectivity index (χ1v) is 13.4. The van der Waals surface area contributed by atoms with Gasteiger partial charge in [0.25, 0.3) is 5.91 Å². The van der Waals surface area contributed by atoms with Crippen LogP contribution < -0.4 is 5.32 Å². The molecule has 1 fully saturated rings. The van der Waals surface area contributed by atoms with Crippen molar-refractivity contribution in [1.82, 2.24) is 14.8 Å². The van der Waals surface area contributed by atoms with Crippen LogP contribution in [0.5, 0.6) is 0 Å². The molecule has 1 unspecified atom stereocenters. The van der Waals surface area contributed by atoms with E-state index in [0.29, 0.717) is 12.1 Å². The fraction of sp³-hybridized carbons (Fsp3) is 0.355. The van der Waals surface area contributed by atoms with Crippen molar-refractivity contribution in [3.8, 4) is 0 Å². The summed E-state index contributed by atoms with van der Waals surface area (Å²) in [6.45, 7) is 11.8. The van der Waals surface area contributed by atoms with Crippen LogP contribution in [0.25, 0.3) is 15.7 Å². The Morgan fingerprint density at radius 1 is 1.18 bits per heavy atom. The normalized spacial score (nSPS) is 20.4. The third-order valence-corrected chi connectivity index (χ3v) is 8.00. The molecular weight excluding hydrogens is 506 g/mol. The number of carbonyl (C=O) groups is 4. The highest BCUT2D eigenvalue weighted by molar-refractivity contribution is 6.40. The Labute approximate surface area is 233 Å². The number of Topliss-reactive ketones (excluding diaryl/α,β-unsaturated/α-hetero) is 1. The minimum absolute atomic E-state index is 0.00690. The van der Waals surface area contributed by atoms with E-state index in [4.69, 9.17) is 6.57 Å². The molecule has 3 aromatic rings. The molecule has 1 spiro atoms. The van der Waals surface area contributed by atoms with E-state index in [9.17, 15) is 19.2 Å². The van der Waals surface area contributed by atoms with Crippen molar-refractivity contribution in [3.05, 3.63) is 83.3 Å². The molecule has 0 saturated carbocycles. The maximum Gasteiger partial charge on any atom is 0.313 e. The quantitative estimate of drug-likeness (QED) is 0.396. The maximum absolute atomic E-state index is 14.0. The number of nitrogens with zero attached hydrogens (tertiary/aromatic N) is 4. The molecule has 1 aliphatic carbocycles. The van der Waals surface area contributed by atoms with Gasteiger partial charge in [0.05, 0.1) is 17.4 Å². The first-order valence-electron chi connectivity index (χ1n) is 13.4. The SMILES string of the molecule is [C-]#[N+][C@@H]1CC2(CN1C(=O)[C@H](CC(C)C)N(C)C(=O)C(=O)Nc1ccc3ncccc3c1)C(=O)Cc1ccccc12. The van der Waals surface area contributed by atoms with Gasteiger partial charge >= 0.3 is 18.0 Å². The lowest BCUT2D eigenvalue weighted by Gasteiger charge is -2.32. The van der Waals surface area contributed by atoms with E-state index in [1.54, 1.807) is 30.5 Å². The molecule has 2 aliphatic rings. The van der Waals surface area contributed by atoms with E-state index in [1.807, 2.05) is 44.2 Å². The van der Waals surface area contributed by atoms with Crippen LogP contribution in [-0.4, -0.2) is 64.1 Å². The number of amides is 3. The summed E-state index contributed by atoms with van der Waals surface area (Å²) in [5.41, 5.74) is 2.07. The summed E-state index contributed by atoms with van der Waals surface area (Å²) in [6.07, 6.45) is 1.64. The Bertz CT molecular complexity index is 1560. The number of anilines is 1. The van der Waals surface area contributed by atoms with Gasteiger partial charge in [-0.15, -0.1) is 0 Å². The number of hydrogen-bond acceptors (Lipinski definition) is 5. The summed E-state index contributed by atoms with van der Waals surface area (Å²) < 4.78 is 0. The first-order chi connectivity index (χ1) is 19.1. The Hall–Kier alpha value is -4.58. The van der Waals surface area contributed by atoms with E-state index in [0.717, 1.165) is 26.9 Å². The van der Waals surface area contributed by atoms with Crippen molar-refractivity contribution >= 4 is 40.1 Å². The maximum atomic E-state index is 14.0. The predicted octanol–water partition coefficient (Wildman–Crippen LogP) is 3.59. The number of rotatable bonds is 5. The van der Waals surface area contributed by atoms with Crippen LogP contribution >= 0.6 is 0 Å². The van der Waals surface area contributed by atoms with Crippen molar-refractivity contribution in [1.29, 1.82) is 0 Å². The number of carbonyl (C=O) groups excluding carboxylic acids is 4. The van der Waals surface area contributed by atoms with E-state index in [2.05, 4.69) is 15.1 Å². The van der Waals surface area contributed by atoms with Gasteiger partial charge in [-0.3, -0.25) is 33.9 Å². The largest absolute Gasteiger partial charge is 0.325 e. The molecule has 5 rings (SSSR count). The number of ketones is 1. The summed E-state index contributed by atoms with van der Waals surface area (Å²) in [7, 11) is 1.44. The van der Waals surface area contributed by atoms with Crippen LogP contribution in [0.2, 0.25) is 0 Å². The Balaban J connectivity index is 1.37. The summed E-state index contributed by atoms with van der Waals surface area (Å²) in [4.78, 5) is 64.1. The average Bonchev–Trinajstić information content (AvgIpc) is 3.48. The van der Waals surface area contributed by atoms with Gasteiger partial charge in [-0.1, -0.05) is 44.2 Å². The molecule has 2 heterocycles. The van der Waals surface area contributed by atoms with Crippen molar-refractivity contribution in [2.24, 2.45) is 5.92 Å². The van der Waals surface area contributed by atoms with Gasteiger partial charge in [0.1, 0.15) is 11.8 Å². The second kappa shape index (κ2) is 10.5. The minimum atomic E-state index is -0.967. The average molecular weight is 538 g/mol. The smallest absolute Gasteiger partial charge is 0.313 e. The van der Waals surface area contributed by atoms with Gasteiger partial charge < -0.3 is 10.2 Å². The zero-order chi connectivity index (χ0) is 28.6. The molecule has 1 saturated heterocycles. The fourth-order valence-corrected chi connectivity index (χ4v) is 5.96. The van der Waals surface area contributed by atoms with E-state index in [1.165, 1.54) is 11.9 Å². The molecule has 0 radical (unpaired) electrons. The summed E-state index contributed by atoms with van der Waals surface area (Å²) in [5, 5.41) is 3.44. The van der Waals surface area contributed by atoms with Crippen LogP contribution in [0.15, 0.2) is 60.8 Å². The number of nitrogens with one attached hydrogen (secondary N) is 1. The number of likely N-dealkylation sites (N-methyl/N-ethyl adjacent to an activating group) is 1. The third kappa shape index (κ3) is 4.70. The molecule has 1 aliphatic heterocycles. The van der Waals surface area contributed by atoms with Gasteiger partial charge in [0, 0.05) is 37.3 Å². The second-order valence-electron chi connectivity index (χ2n) is 11.0. The Morgan fingerprint density at radius 2 is 1.95 bits per heavy atom. The Morgan fingerprint density at radius 3 is 2.70 bits per heavy atom. The topological polar surface area (TPSA) is 104 Å². The highest BCUT2D eigenvalue weighted by Gasteiger charge is 2.58. The molecule has 3 atom stereocenters. The minimum Gasteiger partial charge on any atom is -0.325 e. The fourth-order valence-electron chi connectivity index (χ4n) is 5.96. The molecule has 204 valence electrons. The standard InChI is InChI=1S/C31H31N5O4/c1-19(2)14-25(35(4)30(40)28(38)34-22-11-12-24-21(15-22)9-7-13-33-24)29(39)36-18-31(17-27(36)32-3)23-10-6-5-8-20(23)16-26(31)37/h5-13,15,19,25,27H,14,16-18H2,1-2,4H3,(H,34,38)/t25-,27-,31?/m0/s1. The lowest BCUT2D eigenvalue weighted by Crippen LogP contribution is -2.53. The molecule has 40 heavy (non-hydrogen) atoms. The molecule has 9 nitrogen and oxygen atoms in total. The van der Waals surface area contributed by atoms with Gasteiger partial charge in [0.2, 0.25) is 0 Å². The van der Waals surface area contributed by atoms with Crippen molar-refractivity contribution < 1.29 is 19.2 Å². The number of benzene rings is 2. The number of fused-ring (bicyclic) bond motifs is 3. The second-order valence-corrected chi connectivity index (χ2v) is 11.0. The van der Waals surface area contributed by atoms with E-state index >= 15 is 0 Å². The molecule has 0 bridgehead atoms. The van der Waals surface area contributed by atoms with E-state index < -0.39 is 35.3 Å². The van der Waals surface area contributed by atoms with Crippen molar-refractivity contribution in [2.75, 3.05) is 18.9 Å². The van der Waals surface area contributed by atoms with Gasteiger partial charge in [-0.25, -0.2) is 6.57 Å². The lowest BCUT2D eigenvalue weighted by atomic mass is 9.80. The zero-order valence-electron chi connectivity index (χ0n) is 22.8. The predicted molar refractivity (Wildman–Crippen MR) is 150 cm³/mol. The summed E-state index contributed by atoms with van der Waals surface area (Å²) in [6, 6.07) is 15.4. The van der Waals surface area contributed by atoms with Gasteiger partial charge in [-0.05, 0) is 47.7 Å². The molecule has 1 aromatic heterocycles. The number of aromatic nitrogens is 1. The number of hydrogen-bond donors (Lipinski definition) is 1. The first kappa shape index (κ1) is 27.0. The van der Waals surface area contributed by atoms with Gasteiger partial charge in [-0.2, -0.15) is 0 Å². The van der Waals surface area contributed by atoms with Crippen molar-refractivity contribution in [2.45, 2.75) is 50.7 Å². The molecule has 2 aromatic carbocycles. The highest BCUT2D eigenvalue weighted by atomic mass is 16.2. The van der Waals surface area contributed by atoms with Crippen LogP contribution in [0.1, 0.15) is 37.8 Å².